The lowest BCUT2D eigenvalue weighted by molar-refractivity contribution is -0.119. The minimum Gasteiger partial charge on any atom is -0.394 e. The summed E-state index contributed by atoms with van der Waals surface area (Å²) in [5.41, 5.74) is 1.20. The van der Waals surface area contributed by atoms with Gasteiger partial charge in [0.1, 0.15) is 6.04 Å². The second-order valence-corrected chi connectivity index (χ2v) is 5.58. The van der Waals surface area contributed by atoms with Gasteiger partial charge in [0.05, 0.1) is 18.4 Å². The molecule has 0 radical (unpaired) electrons. The molecule has 1 aromatic carbocycles. The Bertz CT molecular complexity index is 570. The summed E-state index contributed by atoms with van der Waals surface area (Å²) in [6.45, 7) is 0.495. The number of imide groups is 1. The van der Waals surface area contributed by atoms with Gasteiger partial charge in [0.15, 0.2) is 0 Å². The van der Waals surface area contributed by atoms with Gasteiger partial charge in [-0.2, -0.15) is 0 Å². The van der Waals surface area contributed by atoms with Crippen molar-refractivity contribution in [2.75, 3.05) is 29.9 Å². The number of carbonyl (C=O) groups is 2. The summed E-state index contributed by atoms with van der Waals surface area (Å²) in [7, 11) is 0. The van der Waals surface area contributed by atoms with Crippen LogP contribution in [0.1, 0.15) is 12.8 Å². The molecule has 2 fully saturated rings. The molecule has 7 nitrogen and oxygen atoms in total. The highest BCUT2D eigenvalue weighted by Gasteiger charge is 2.47. The highest BCUT2D eigenvalue weighted by atomic mass is 16.3. The van der Waals surface area contributed by atoms with Gasteiger partial charge in [-0.3, -0.25) is 4.79 Å². The molecule has 0 spiro atoms. The number of nitrogens with zero attached hydrogens (tertiary/aromatic N) is 2. The number of nitrogens with one attached hydrogen (secondary N) is 1. The fraction of sp³-hybridized carbons (Fsp3) is 0.467. The number of anilines is 2. The van der Waals surface area contributed by atoms with Gasteiger partial charge in [-0.1, -0.05) is 6.07 Å². The zero-order valence-electron chi connectivity index (χ0n) is 12.1. The van der Waals surface area contributed by atoms with Crippen LogP contribution in [-0.2, 0) is 4.79 Å². The summed E-state index contributed by atoms with van der Waals surface area (Å²) in [6.07, 6.45) is 0.738. The van der Waals surface area contributed by atoms with E-state index in [1.807, 2.05) is 0 Å². The Morgan fingerprint density at radius 2 is 2.18 bits per heavy atom. The first kappa shape index (κ1) is 14.8. The van der Waals surface area contributed by atoms with Crippen molar-refractivity contribution in [2.24, 2.45) is 0 Å². The first-order valence-corrected chi connectivity index (χ1v) is 7.39. The molecule has 2 unspecified atom stereocenters. The third-order valence-corrected chi connectivity index (χ3v) is 4.05. The Labute approximate surface area is 128 Å². The highest BCUT2D eigenvalue weighted by molar-refractivity contribution is 6.21. The number of aliphatic hydroxyl groups is 2. The standard InChI is InChI=1S/C15H19N3O4/c19-9-12(20)8-16-10-3-1-4-11(7-10)18-14(21)13-5-2-6-17(13)15(18)22/h1,3-4,7,12-13,16,19-20H,2,5-6,8-9H2. The molecule has 3 N–H and O–H groups in total. The Morgan fingerprint density at radius 1 is 1.36 bits per heavy atom. The number of urea groups is 1. The first-order chi connectivity index (χ1) is 10.6. The fourth-order valence-corrected chi connectivity index (χ4v) is 2.92. The molecule has 2 aliphatic rings. The van der Waals surface area contributed by atoms with Crippen molar-refractivity contribution in [1.82, 2.24) is 4.90 Å². The molecule has 0 saturated carbocycles. The second-order valence-electron chi connectivity index (χ2n) is 5.58. The Kier molecular flexibility index (Phi) is 4.00. The molecule has 3 amide bonds. The van der Waals surface area contributed by atoms with Crippen LogP contribution in [-0.4, -0.2) is 58.9 Å². The van der Waals surface area contributed by atoms with Gasteiger partial charge in [-0.15, -0.1) is 0 Å². The second kappa shape index (κ2) is 5.94. The van der Waals surface area contributed by atoms with Crippen LogP contribution < -0.4 is 10.2 Å². The Balaban J connectivity index is 1.77. The zero-order valence-corrected chi connectivity index (χ0v) is 12.1. The zero-order chi connectivity index (χ0) is 15.7. The average Bonchev–Trinajstić information content (AvgIpc) is 3.10. The van der Waals surface area contributed by atoms with E-state index < -0.39 is 6.10 Å². The quantitative estimate of drug-likeness (QED) is 0.684. The number of aliphatic hydroxyl groups excluding tert-OH is 2. The molecule has 2 saturated heterocycles. The lowest BCUT2D eigenvalue weighted by Crippen LogP contribution is -2.33. The summed E-state index contributed by atoms with van der Waals surface area (Å²) in [4.78, 5) is 27.6. The third-order valence-electron chi connectivity index (χ3n) is 4.05. The van der Waals surface area contributed by atoms with Crippen molar-refractivity contribution in [3.63, 3.8) is 0 Å². The molecule has 2 heterocycles. The van der Waals surface area contributed by atoms with Crippen molar-refractivity contribution in [3.05, 3.63) is 24.3 Å². The van der Waals surface area contributed by atoms with Crippen molar-refractivity contribution < 1.29 is 19.8 Å². The van der Waals surface area contributed by atoms with E-state index in [9.17, 15) is 14.7 Å². The van der Waals surface area contributed by atoms with E-state index in [4.69, 9.17) is 5.11 Å². The van der Waals surface area contributed by atoms with E-state index in [-0.39, 0.29) is 31.1 Å². The fourth-order valence-electron chi connectivity index (χ4n) is 2.92. The van der Waals surface area contributed by atoms with Gasteiger partial charge in [0.2, 0.25) is 0 Å². The van der Waals surface area contributed by atoms with Crippen LogP contribution in [0, 0.1) is 0 Å². The predicted molar refractivity (Wildman–Crippen MR) is 80.6 cm³/mol. The highest BCUT2D eigenvalue weighted by Crippen LogP contribution is 2.32. The monoisotopic (exact) mass is 305 g/mol. The molecule has 3 rings (SSSR count). The van der Waals surface area contributed by atoms with E-state index in [0.29, 0.717) is 17.9 Å². The van der Waals surface area contributed by atoms with Crippen LogP contribution >= 0.6 is 0 Å². The lowest BCUT2D eigenvalue weighted by atomic mass is 10.2. The van der Waals surface area contributed by atoms with E-state index in [1.54, 1.807) is 29.2 Å². The summed E-state index contributed by atoms with van der Waals surface area (Å²) in [5.74, 6) is -0.171. The van der Waals surface area contributed by atoms with E-state index in [1.165, 1.54) is 4.90 Å². The minimum atomic E-state index is -0.857. The average molecular weight is 305 g/mol. The summed E-state index contributed by atoms with van der Waals surface area (Å²) in [5, 5.41) is 21.1. The number of carbonyl (C=O) groups excluding carboxylic acids is 2. The van der Waals surface area contributed by atoms with Crippen LogP contribution in [0.3, 0.4) is 0 Å². The number of hydrogen-bond acceptors (Lipinski definition) is 5. The maximum Gasteiger partial charge on any atom is 0.332 e. The van der Waals surface area contributed by atoms with Crippen LogP contribution in [0.4, 0.5) is 16.2 Å². The van der Waals surface area contributed by atoms with Gasteiger partial charge >= 0.3 is 6.03 Å². The van der Waals surface area contributed by atoms with Gasteiger partial charge in [0, 0.05) is 18.8 Å². The van der Waals surface area contributed by atoms with Crippen LogP contribution in [0.5, 0.6) is 0 Å². The molecule has 0 aromatic heterocycles. The molecule has 0 aliphatic carbocycles. The summed E-state index contributed by atoms with van der Waals surface area (Å²) in [6, 6.07) is 6.35. The smallest absolute Gasteiger partial charge is 0.332 e. The van der Waals surface area contributed by atoms with Gasteiger partial charge in [-0.25, -0.2) is 9.69 Å². The Hall–Kier alpha value is -2.12. The maximum atomic E-state index is 12.4. The number of hydrogen-bond donors (Lipinski definition) is 3. The molecular weight excluding hydrogens is 286 g/mol. The van der Waals surface area contributed by atoms with Crippen molar-refractivity contribution >= 4 is 23.3 Å². The topological polar surface area (TPSA) is 93.1 Å². The van der Waals surface area contributed by atoms with E-state index >= 15 is 0 Å². The SMILES string of the molecule is O=C1C2CCCN2C(=O)N1c1cccc(NCC(O)CO)c1. The largest absolute Gasteiger partial charge is 0.394 e. The summed E-state index contributed by atoms with van der Waals surface area (Å²) < 4.78 is 0. The minimum absolute atomic E-state index is 0.171. The van der Waals surface area contributed by atoms with Crippen molar-refractivity contribution in [2.45, 2.75) is 25.0 Å². The van der Waals surface area contributed by atoms with Crippen molar-refractivity contribution in [3.8, 4) is 0 Å². The van der Waals surface area contributed by atoms with Crippen LogP contribution in [0.25, 0.3) is 0 Å². The van der Waals surface area contributed by atoms with E-state index in [2.05, 4.69) is 5.32 Å². The molecule has 22 heavy (non-hydrogen) atoms. The summed E-state index contributed by atoms with van der Waals surface area (Å²) >= 11 is 0. The van der Waals surface area contributed by atoms with Crippen LogP contribution in [0.2, 0.25) is 0 Å². The molecular formula is C15H19N3O4. The number of rotatable bonds is 5. The molecule has 2 aliphatic heterocycles. The first-order valence-electron chi connectivity index (χ1n) is 7.39. The van der Waals surface area contributed by atoms with Gasteiger partial charge < -0.3 is 20.4 Å². The number of benzene rings is 1. The third kappa shape index (κ3) is 2.53. The predicted octanol–water partition coefficient (Wildman–Crippen LogP) is 0.383. The number of fused-ring (bicyclic) bond motifs is 1. The van der Waals surface area contributed by atoms with Crippen LogP contribution in [0.15, 0.2) is 24.3 Å². The van der Waals surface area contributed by atoms with Crippen molar-refractivity contribution in [1.29, 1.82) is 0 Å². The lowest BCUT2D eigenvalue weighted by Gasteiger charge is -2.17. The molecule has 118 valence electrons. The van der Waals surface area contributed by atoms with Gasteiger partial charge in [0.25, 0.3) is 5.91 Å². The Morgan fingerprint density at radius 3 is 2.91 bits per heavy atom. The molecule has 1 aromatic rings. The molecule has 2 atom stereocenters. The maximum absolute atomic E-state index is 12.4. The van der Waals surface area contributed by atoms with E-state index in [0.717, 1.165) is 12.8 Å². The van der Waals surface area contributed by atoms with Gasteiger partial charge in [-0.05, 0) is 31.0 Å². The molecule has 0 bridgehead atoms. The normalized spacial score (nSPS) is 22.2. The molecule has 7 heteroatoms. The number of amides is 3.